The number of nitriles is 2. The zero-order valence-electron chi connectivity index (χ0n) is 16.9. The molecule has 1 aromatic heterocycles. The third-order valence-corrected chi connectivity index (χ3v) is 5.73. The molecule has 4 heteroatoms. The van der Waals surface area contributed by atoms with Crippen molar-refractivity contribution in [1.29, 1.82) is 10.5 Å². The molecule has 30 heavy (non-hydrogen) atoms. The molecule has 0 amide bonds. The Labute approximate surface area is 177 Å². The molecule has 2 atom stereocenters. The van der Waals surface area contributed by atoms with Crippen LogP contribution in [-0.4, -0.2) is 10.5 Å². The van der Waals surface area contributed by atoms with E-state index in [1.807, 2.05) is 67.6 Å². The maximum atomic E-state index is 13.9. The summed E-state index contributed by atoms with van der Waals surface area (Å²) in [5.74, 6) is -0.928. The van der Waals surface area contributed by atoms with Crippen molar-refractivity contribution in [1.82, 2.24) is 4.57 Å². The molecule has 1 heterocycles. The highest BCUT2D eigenvalue weighted by atomic mass is 16.2. The number of carbonyl (C=O) groups is 1. The third kappa shape index (κ3) is 3.45. The van der Waals surface area contributed by atoms with Crippen LogP contribution in [0.4, 0.5) is 0 Å². The molecule has 3 rings (SSSR count). The second-order valence-corrected chi connectivity index (χ2v) is 7.50. The summed E-state index contributed by atoms with van der Waals surface area (Å²) in [5.41, 5.74) is -1.15. The van der Waals surface area contributed by atoms with Crippen molar-refractivity contribution in [2.75, 3.05) is 0 Å². The van der Waals surface area contributed by atoms with Crippen LogP contribution in [-0.2, 0) is 5.41 Å². The lowest BCUT2D eigenvalue weighted by Crippen LogP contribution is -2.48. The van der Waals surface area contributed by atoms with E-state index >= 15 is 0 Å². The zero-order chi connectivity index (χ0) is 21.6. The van der Waals surface area contributed by atoms with Crippen LogP contribution in [0.5, 0.6) is 0 Å². The summed E-state index contributed by atoms with van der Waals surface area (Å²) in [6.07, 6.45) is 5.11. The smallest absolute Gasteiger partial charge is 0.241 e. The Hall–Kier alpha value is -3.89. The SMILES string of the molecule is C=CCC(C#N)(C#N)C(c1ccccc1)C(C)(C(=O)n1cccc1)c1ccccc1. The van der Waals surface area contributed by atoms with E-state index in [1.54, 1.807) is 30.6 Å². The second-order valence-electron chi connectivity index (χ2n) is 7.50. The Balaban J connectivity index is 2.38. The Kier molecular flexibility index (Phi) is 6.00. The lowest BCUT2D eigenvalue weighted by molar-refractivity contribution is 0.0746. The molecular formula is C26H23N3O. The van der Waals surface area contributed by atoms with Crippen LogP contribution < -0.4 is 0 Å². The van der Waals surface area contributed by atoms with Gasteiger partial charge in [-0.3, -0.25) is 9.36 Å². The molecule has 0 saturated carbocycles. The van der Waals surface area contributed by atoms with Gasteiger partial charge in [0, 0.05) is 18.3 Å². The summed E-state index contributed by atoms with van der Waals surface area (Å²) in [6.45, 7) is 5.60. The molecule has 0 aliphatic heterocycles. The lowest BCUT2D eigenvalue weighted by Gasteiger charge is -2.42. The van der Waals surface area contributed by atoms with Crippen molar-refractivity contribution in [2.24, 2.45) is 5.41 Å². The van der Waals surface area contributed by atoms with Crippen LogP contribution in [0.25, 0.3) is 0 Å². The highest BCUT2D eigenvalue weighted by molar-refractivity contribution is 5.91. The molecule has 4 nitrogen and oxygen atoms in total. The number of carbonyl (C=O) groups excluding carboxylic acids is 1. The Bertz CT molecular complexity index is 1070. The van der Waals surface area contributed by atoms with Gasteiger partial charge in [0.15, 0.2) is 5.41 Å². The van der Waals surface area contributed by atoms with Gasteiger partial charge in [0.2, 0.25) is 5.91 Å². The fourth-order valence-electron chi connectivity index (χ4n) is 4.28. The van der Waals surface area contributed by atoms with Gasteiger partial charge in [0.05, 0.1) is 17.6 Å². The van der Waals surface area contributed by atoms with E-state index in [0.29, 0.717) is 0 Å². The largest absolute Gasteiger partial charge is 0.294 e. The number of hydrogen-bond acceptors (Lipinski definition) is 3. The third-order valence-electron chi connectivity index (χ3n) is 5.73. The predicted octanol–water partition coefficient (Wildman–Crippen LogP) is 5.48. The lowest BCUT2D eigenvalue weighted by atomic mass is 9.57. The average molecular weight is 393 g/mol. The van der Waals surface area contributed by atoms with Gasteiger partial charge >= 0.3 is 0 Å². The van der Waals surface area contributed by atoms with Crippen molar-refractivity contribution in [3.05, 3.63) is 109 Å². The van der Waals surface area contributed by atoms with Crippen LogP contribution >= 0.6 is 0 Å². The normalized spacial score (nSPS) is 14.0. The van der Waals surface area contributed by atoms with Gasteiger partial charge in [0.25, 0.3) is 0 Å². The van der Waals surface area contributed by atoms with E-state index in [9.17, 15) is 15.3 Å². The van der Waals surface area contributed by atoms with Crippen molar-refractivity contribution in [2.45, 2.75) is 24.7 Å². The van der Waals surface area contributed by atoms with Gasteiger partial charge < -0.3 is 0 Å². The van der Waals surface area contributed by atoms with Crippen molar-refractivity contribution >= 4 is 5.91 Å². The quantitative estimate of drug-likeness (QED) is 0.499. The van der Waals surface area contributed by atoms with Gasteiger partial charge in [-0.2, -0.15) is 10.5 Å². The van der Waals surface area contributed by atoms with E-state index < -0.39 is 16.7 Å². The Morgan fingerprint density at radius 3 is 2.03 bits per heavy atom. The molecule has 0 spiro atoms. The number of benzene rings is 2. The first-order chi connectivity index (χ1) is 14.5. The van der Waals surface area contributed by atoms with E-state index in [4.69, 9.17) is 0 Å². The maximum Gasteiger partial charge on any atom is 0.241 e. The fraction of sp³-hybridized carbons (Fsp3) is 0.192. The summed E-state index contributed by atoms with van der Waals surface area (Å²) in [6, 6.07) is 26.8. The molecule has 0 aliphatic carbocycles. The Morgan fingerprint density at radius 2 is 1.53 bits per heavy atom. The molecule has 0 aliphatic rings. The molecule has 0 radical (unpaired) electrons. The molecule has 2 unspecified atom stereocenters. The molecule has 0 bridgehead atoms. The number of hydrogen-bond donors (Lipinski definition) is 0. The number of rotatable bonds is 7. The highest BCUT2D eigenvalue weighted by Gasteiger charge is 2.55. The van der Waals surface area contributed by atoms with Crippen molar-refractivity contribution < 1.29 is 4.79 Å². The van der Waals surface area contributed by atoms with Gasteiger partial charge in [0.1, 0.15) is 0 Å². The maximum absolute atomic E-state index is 13.9. The summed E-state index contributed by atoms with van der Waals surface area (Å²) < 4.78 is 1.52. The summed E-state index contributed by atoms with van der Waals surface area (Å²) in [7, 11) is 0. The topological polar surface area (TPSA) is 69.6 Å². The molecule has 148 valence electrons. The van der Waals surface area contributed by atoms with Crippen LogP contribution in [0.15, 0.2) is 97.8 Å². The van der Waals surface area contributed by atoms with E-state index in [-0.39, 0.29) is 12.3 Å². The molecule has 3 aromatic rings. The minimum absolute atomic E-state index is 0.140. The molecule has 2 aromatic carbocycles. The monoisotopic (exact) mass is 393 g/mol. The highest BCUT2D eigenvalue weighted by Crippen LogP contribution is 2.51. The van der Waals surface area contributed by atoms with Gasteiger partial charge in [-0.15, -0.1) is 6.58 Å². The number of aromatic nitrogens is 1. The standard InChI is InChI=1S/C26H23N3O/c1-3-16-26(19-27,20-28)23(21-12-6-4-7-13-21)25(2,22-14-8-5-9-15-22)24(30)29-17-10-11-18-29/h3-15,17-18,23H,1,16H2,2H3. The first-order valence-electron chi connectivity index (χ1n) is 9.75. The summed E-state index contributed by atoms with van der Waals surface area (Å²) in [4.78, 5) is 13.9. The minimum atomic E-state index is -1.48. The minimum Gasteiger partial charge on any atom is -0.294 e. The number of allylic oxidation sites excluding steroid dienone is 1. The Morgan fingerprint density at radius 1 is 1.00 bits per heavy atom. The van der Waals surface area contributed by atoms with Crippen molar-refractivity contribution in [3.63, 3.8) is 0 Å². The van der Waals surface area contributed by atoms with E-state index in [1.165, 1.54) is 4.57 Å². The van der Waals surface area contributed by atoms with Gasteiger partial charge in [-0.1, -0.05) is 66.7 Å². The number of nitrogens with zero attached hydrogens (tertiary/aromatic N) is 3. The van der Waals surface area contributed by atoms with Crippen LogP contribution in [0.3, 0.4) is 0 Å². The zero-order valence-corrected chi connectivity index (χ0v) is 16.9. The first kappa shape index (κ1) is 20.8. The molecule has 0 fully saturated rings. The fourth-order valence-corrected chi connectivity index (χ4v) is 4.28. The summed E-state index contributed by atoms with van der Waals surface area (Å²) in [5, 5.41) is 20.4. The van der Waals surface area contributed by atoms with E-state index in [2.05, 4.69) is 18.7 Å². The molecule has 0 N–H and O–H groups in total. The molecular weight excluding hydrogens is 370 g/mol. The average Bonchev–Trinajstić information content (AvgIpc) is 3.34. The summed E-state index contributed by atoms with van der Waals surface area (Å²) >= 11 is 0. The van der Waals surface area contributed by atoms with Gasteiger partial charge in [-0.05, 0) is 36.6 Å². The van der Waals surface area contributed by atoms with Crippen LogP contribution in [0.1, 0.15) is 35.2 Å². The first-order valence-corrected chi connectivity index (χ1v) is 9.75. The second kappa shape index (κ2) is 8.64. The molecule has 0 saturated heterocycles. The van der Waals surface area contributed by atoms with Crippen LogP contribution in [0, 0.1) is 28.1 Å². The predicted molar refractivity (Wildman–Crippen MR) is 117 cm³/mol. The van der Waals surface area contributed by atoms with Crippen molar-refractivity contribution in [3.8, 4) is 12.1 Å². The van der Waals surface area contributed by atoms with Crippen LogP contribution in [0.2, 0.25) is 0 Å². The van der Waals surface area contributed by atoms with Gasteiger partial charge in [-0.25, -0.2) is 0 Å². The van der Waals surface area contributed by atoms with E-state index in [0.717, 1.165) is 11.1 Å².